The largest absolute Gasteiger partial charge is 0.386 e. The molecule has 0 spiro atoms. The summed E-state index contributed by atoms with van der Waals surface area (Å²) in [5.41, 5.74) is 4.40. The molecule has 2 saturated carbocycles. The van der Waals surface area contributed by atoms with Crippen molar-refractivity contribution >= 4 is 40.0 Å². The lowest BCUT2D eigenvalue weighted by Gasteiger charge is -2.36. The van der Waals surface area contributed by atoms with Crippen LogP contribution in [0.5, 0.6) is 0 Å². The second kappa shape index (κ2) is 6.88. The van der Waals surface area contributed by atoms with Crippen molar-refractivity contribution in [2.45, 2.75) is 50.4 Å². The molecular weight excluding hydrogens is 422 g/mol. The van der Waals surface area contributed by atoms with Crippen molar-refractivity contribution in [3.05, 3.63) is 36.0 Å². The third kappa shape index (κ3) is 3.03. The van der Waals surface area contributed by atoms with Gasteiger partial charge in [0.05, 0.1) is 30.1 Å². The highest BCUT2D eigenvalue weighted by atomic mass is 16.5. The second-order valence-corrected chi connectivity index (χ2v) is 8.97. The number of fused-ring (bicyclic) bond motifs is 6. The molecule has 2 fully saturated rings. The van der Waals surface area contributed by atoms with Gasteiger partial charge in [-0.25, -0.2) is 28.8 Å². The van der Waals surface area contributed by atoms with Crippen LogP contribution >= 0.6 is 0 Å². The van der Waals surface area contributed by atoms with E-state index in [1.165, 1.54) is 10.9 Å². The number of amides is 1. The van der Waals surface area contributed by atoms with Gasteiger partial charge in [-0.05, 0) is 37.3 Å². The molecule has 11 heteroatoms. The first-order valence-corrected chi connectivity index (χ1v) is 11.3. The van der Waals surface area contributed by atoms with Crippen molar-refractivity contribution in [1.82, 2.24) is 34.4 Å². The van der Waals surface area contributed by atoms with Gasteiger partial charge in [0.25, 0.3) is 0 Å². The van der Waals surface area contributed by atoms with Crippen LogP contribution in [-0.2, 0) is 11.3 Å². The standard InChI is InChI=1S/C22H23N9O2/c1-23-14-7-17-25-15-6-11(8-31-20(15)28-19(29-31)12-2-3-12)9-33-16-5-4-13(16)26-22(32)30-10-24-18(14)21(30)27-17/h6-8,10,12-13,16H,2-5,9H2,1H3,(H,26,32)(H2,23,25,27)/t13-,16-/m1/s1. The lowest BCUT2D eigenvalue weighted by molar-refractivity contribution is -0.0324. The smallest absolute Gasteiger partial charge is 0.328 e. The maximum Gasteiger partial charge on any atom is 0.328 e. The molecule has 33 heavy (non-hydrogen) atoms. The molecule has 0 saturated heterocycles. The van der Waals surface area contributed by atoms with Crippen LogP contribution < -0.4 is 16.0 Å². The van der Waals surface area contributed by atoms with Gasteiger partial charge in [-0.3, -0.25) is 0 Å². The number of aromatic nitrogens is 6. The Hall–Kier alpha value is -3.73. The number of ether oxygens (including phenoxy) is 1. The van der Waals surface area contributed by atoms with Crippen LogP contribution in [0, 0.1) is 0 Å². The third-order valence-electron chi connectivity index (χ3n) is 6.69. The maximum absolute atomic E-state index is 13.0. The molecule has 7 rings (SSSR count). The SMILES string of the molecule is CNc1cc2nc3c1ncn3C(=O)N[C@@H]1CC[C@H]1OCc1cc(c3nc(C4CC4)nn3c1)N2. The minimum Gasteiger partial charge on any atom is -0.386 e. The Morgan fingerprint density at radius 2 is 2.06 bits per heavy atom. The van der Waals surface area contributed by atoms with Crippen LogP contribution in [0.2, 0.25) is 0 Å². The molecule has 4 bridgehead atoms. The monoisotopic (exact) mass is 445 g/mol. The zero-order valence-corrected chi connectivity index (χ0v) is 18.1. The van der Waals surface area contributed by atoms with Gasteiger partial charge in [-0.1, -0.05) is 0 Å². The quantitative estimate of drug-likeness (QED) is 0.430. The molecule has 4 aromatic rings. The average molecular weight is 445 g/mol. The number of hydrogen-bond acceptors (Lipinski definition) is 8. The molecule has 5 heterocycles. The topological polar surface area (TPSA) is 123 Å². The van der Waals surface area contributed by atoms with Gasteiger partial charge in [0.15, 0.2) is 17.1 Å². The van der Waals surface area contributed by atoms with Crippen LogP contribution in [-0.4, -0.2) is 54.4 Å². The molecule has 4 aromatic heterocycles. The highest BCUT2D eigenvalue weighted by molar-refractivity contribution is 5.94. The summed E-state index contributed by atoms with van der Waals surface area (Å²) in [7, 11) is 1.82. The van der Waals surface area contributed by atoms with E-state index in [0.717, 1.165) is 54.1 Å². The van der Waals surface area contributed by atoms with Gasteiger partial charge in [-0.2, -0.15) is 5.10 Å². The summed E-state index contributed by atoms with van der Waals surface area (Å²) in [5.74, 6) is 1.90. The first kappa shape index (κ1) is 18.8. The van der Waals surface area contributed by atoms with Crippen LogP contribution in [0.25, 0.3) is 16.8 Å². The van der Waals surface area contributed by atoms with Gasteiger partial charge in [0, 0.05) is 25.2 Å². The van der Waals surface area contributed by atoms with E-state index in [0.29, 0.717) is 29.5 Å². The number of carbonyl (C=O) groups excluding carboxylic acids is 1. The number of pyridine rings is 2. The van der Waals surface area contributed by atoms with Crippen LogP contribution in [0.3, 0.4) is 0 Å². The van der Waals surface area contributed by atoms with E-state index in [-0.39, 0.29) is 18.2 Å². The van der Waals surface area contributed by atoms with E-state index < -0.39 is 0 Å². The summed E-state index contributed by atoms with van der Waals surface area (Å²) in [6.45, 7) is 0.421. The molecule has 11 nitrogen and oxygen atoms in total. The van der Waals surface area contributed by atoms with Crippen molar-refractivity contribution in [2.75, 3.05) is 17.7 Å². The highest BCUT2D eigenvalue weighted by Crippen LogP contribution is 2.39. The fraction of sp³-hybridized carbons (Fsp3) is 0.409. The van der Waals surface area contributed by atoms with Crippen molar-refractivity contribution < 1.29 is 9.53 Å². The summed E-state index contributed by atoms with van der Waals surface area (Å²) < 4.78 is 9.47. The number of hydrogen-bond donors (Lipinski definition) is 3. The van der Waals surface area contributed by atoms with Crippen molar-refractivity contribution in [1.29, 1.82) is 0 Å². The molecule has 2 atom stereocenters. The molecule has 0 radical (unpaired) electrons. The van der Waals surface area contributed by atoms with Crippen molar-refractivity contribution in [3.63, 3.8) is 0 Å². The van der Waals surface area contributed by atoms with E-state index >= 15 is 0 Å². The van der Waals surface area contributed by atoms with E-state index in [2.05, 4.69) is 20.9 Å². The Morgan fingerprint density at radius 1 is 1.15 bits per heavy atom. The Kier molecular flexibility index (Phi) is 3.92. The normalized spacial score (nSPS) is 22.4. The predicted molar refractivity (Wildman–Crippen MR) is 121 cm³/mol. The minimum absolute atomic E-state index is 0.0343. The van der Waals surface area contributed by atoms with Crippen LogP contribution in [0.15, 0.2) is 24.7 Å². The first-order chi connectivity index (χ1) is 16.2. The number of anilines is 3. The van der Waals surface area contributed by atoms with Gasteiger partial charge in [0.1, 0.15) is 17.7 Å². The lowest BCUT2D eigenvalue weighted by Crippen LogP contribution is -2.52. The Morgan fingerprint density at radius 3 is 2.85 bits per heavy atom. The number of nitrogens with one attached hydrogen (secondary N) is 3. The Labute approximate surface area is 188 Å². The molecule has 2 aliphatic carbocycles. The lowest BCUT2D eigenvalue weighted by atomic mass is 9.89. The summed E-state index contributed by atoms with van der Waals surface area (Å²) in [6, 6.07) is 3.62. The third-order valence-corrected chi connectivity index (χ3v) is 6.69. The van der Waals surface area contributed by atoms with E-state index in [1.54, 1.807) is 0 Å². The number of nitrogens with zero attached hydrogens (tertiary/aromatic N) is 6. The zero-order chi connectivity index (χ0) is 22.1. The second-order valence-electron chi connectivity index (χ2n) is 8.97. The van der Waals surface area contributed by atoms with Crippen LogP contribution in [0.4, 0.5) is 22.0 Å². The predicted octanol–water partition coefficient (Wildman–Crippen LogP) is 2.76. The molecule has 0 aromatic carbocycles. The van der Waals surface area contributed by atoms with E-state index in [4.69, 9.17) is 19.8 Å². The summed E-state index contributed by atoms with van der Waals surface area (Å²) in [4.78, 5) is 27.0. The average Bonchev–Trinajstić information content (AvgIpc) is 3.41. The summed E-state index contributed by atoms with van der Waals surface area (Å²) in [5, 5.41) is 14.4. The number of imidazole rings is 1. The molecule has 1 amide bonds. The minimum atomic E-state index is -0.257. The van der Waals surface area contributed by atoms with Gasteiger partial charge in [-0.15, -0.1) is 0 Å². The van der Waals surface area contributed by atoms with Gasteiger partial charge >= 0.3 is 6.03 Å². The highest BCUT2D eigenvalue weighted by Gasteiger charge is 2.34. The Balaban J connectivity index is 1.41. The maximum atomic E-state index is 13.0. The fourth-order valence-corrected chi connectivity index (χ4v) is 4.54. The summed E-state index contributed by atoms with van der Waals surface area (Å²) in [6.07, 6.45) is 7.50. The zero-order valence-electron chi connectivity index (χ0n) is 18.1. The van der Waals surface area contributed by atoms with Crippen molar-refractivity contribution in [2.24, 2.45) is 0 Å². The molecule has 3 aliphatic rings. The number of rotatable bonds is 2. The van der Waals surface area contributed by atoms with E-state index in [1.807, 2.05) is 29.9 Å². The van der Waals surface area contributed by atoms with Gasteiger partial charge < -0.3 is 20.7 Å². The first-order valence-electron chi connectivity index (χ1n) is 11.3. The van der Waals surface area contributed by atoms with E-state index in [9.17, 15) is 4.79 Å². The van der Waals surface area contributed by atoms with Crippen LogP contribution in [0.1, 0.15) is 43.0 Å². The Bertz CT molecular complexity index is 1420. The summed E-state index contributed by atoms with van der Waals surface area (Å²) >= 11 is 0. The molecule has 0 unspecified atom stereocenters. The molecular formula is C22H23N9O2. The van der Waals surface area contributed by atoms with Gasteiger partial charge in [0.2, 0.25) is 0 Å². The number of carbonyl (C=O) groups is 1. The molecule has 168 valence electrons. The molecule has 1 aliphatic heterocycles. The van der Waals surface area contributed by atoms with Crippen molar-refractivity contribution in [3.8, 4) is 0 Å². The molecule has 3 N–H and O–H groups in total. The fourth-order valence-electron chi connectivity index (χ4n) is 4.54.